The number of anilines is 1. The van der Waals surface area contributed by atoms with Crippen molar-refractivity contribution in [3.05, 3.63) is 23.3 Å². The standard InChI is InChI=1S/C14H22N2O2S2/c1-9-7-11(15)14(8-10(9)2)20(17,18)16-12-5-4-6-13(12)19-3/h7-8,12-13,16H,4-6,15H2,1-3H3. The second-order valence-electron chi connectivity index (χ2n) is 5.41. The Labute approximate surface area is 125 Å². The van der Waals surface area contributed by atoms with E-state index in [1.54, 1.807) is 23.9 Å². The van der Waals surface area contributed by atoms with Crippen LogP contribution in [0.1, 0.15) is 30.4 Å². The molecule has 1 aromatic carbocycles. The van der Waals surface area contributed by atoms with Crippen LogP contribution in [0.15, 0.2) is 17.0 Å². The lowest BCUT2D eigenvalue weighted by atomic mass is 10.1. The molecular formula is C14H22N2O2S2. The van der Waals surface area contributed by atoms with Gasteiger partial charge in [0.15, 0.2) is 0 Å². The summed E-state index contributed by atoms with van der Waals surface area (Å²) in [5.74, 6) is 0. The molecule has 6 heteroatoms. The predicted octanol–water partition coefficient (Wildman–Crippen LogP) is 2.45. The molecule has 0 heterocycles. The van der Waals surface area contributed by atoms with Crippen LogP contribution in [-0.2, 0) is 10.0 Å². The molecule has 2 atom stereocenters. The Hall–Kier alpha value is -0.720. The molecule has 0 aliphatic heterocycles. The van der Waals surface area contributed by atoms with E-state index < -0.39 is 10.0 Å². The fourth-order valence-electron chi connectivity index (χ4n) is 2.65. The van der Waals surface area contributed by atoms with Crippen LogP contribution < -0.4 is 10.5 Å². The number of benzene rings is 1. The van der Waals surface area contributed by atoms with Gasteiger partial charge in [0, 0.05) is 11.3 Å². The summed E-state index contributed by atoms with van der Waals surface area (Å²) in [5, 5.41) is 0.359. The van der Waals surface area contributed by atoms with Crippen LogP contribution in [0, 0.1) is 13.8 Å². The van der Waals surface area contributed by atoms with Gasteiger partial charge in [0.25, 0.3) is 0 Å². The molecule has 3 N–H and O–H groups in total. The maximum atomic E-state index is 12.5. The van der Waals surface area contributed by atoms with Gasteiger partial charge in [0.2, 0.25) is 10.0 Å². The minimum Gasteiger partial charge on any atom is -0.398 e. The van der Waals surface area contributed by atoms with E-state index in [1.165, 1.54) is 0 Å². The molecule has 0 amide bonds. The first-order valence-electron chi connectivity index (χ1n) is 6.77. The number of nitrogens with one attached hydrogen (secondary N) is 1. The SMILES string of the molecule is CSC1CCCC1NS(=O)(=O)c1cc(C)c(C)cc1N. The first-order chi connectivity index (χ1) is 9.35. The summed E-state index contributed by atoms with van der Waals surface area (Å²) < 4.78 is 27.9. The highest BCUT2D eigenvalue weighted by atomic mass is 32.2. The van der Waals surface area contributed by atoms with Crippen molar-refractivity contribution in [3.63, 3.8) is 0 Å². The number of hydrogen-bond acceptors (Lipinski definition) is 4. The van der Waals surface area contributed by atoms with E-state index in [-0.39, 0.29) is 10.9 Å². The van der Waals surface area contributed by atoms with E-state index in [9.17, 15) is 8.42 Å². The molecule has 1 saturated carbocycles. The zero-order valence-electron chi connectivity index (χ0n) is 12.1. The summed E-state index contributed by atoms with van der Waals surface area (Å²) in [6.45, 7) is 3.82. The van der Waals surface area contributed by atoms with E-state index in [1.807, 2.05) is 20.1 Å². The molecular weight excluding hydrogens is 292 g/mol. The van der Waals surface area contributed by atoms with E-state index in [4.69, 9.17) is 5.73 Å². The Bertz CT molecular complexity index is 599. The highest BCUT2D eigenvalue weighted by Crippen LogP contribution is 2.30. The van der Waals surface area contributed by atoms with Gasteiger partial charge in [-0.3, -0.25) is 0 Å². The van der Waals surface area contributed by atoms with Crippen molar-refractivity contribution >= 4 is 27.5 Å². The number of nitrogens with two attached hydrogens (primary N) is 1. The molecule has 1 aliphatic rings. The molecule has 1 fully saturated rings. The molecule has 112 valence electrons. The summed E-state index contributed by atoms with van der Waals surface area (Å²) >= 11 is 1.73. The smallest absolute Gasteiger partial charge is 0.242 e. The number of thioether (sulfide) groups is 1. The van der Waals surface area contributed by atoms with Crippen molar-refractivity contribution in [1.82, 2.24) is 4.72 Å². The van der Waals surface area contributed by atoms with Crippen molar-refractivity contribution < 1.29 is 8.42 Å². The molecule has 0 aromatic heterocycles. The molecule has 20 heavy (non-hydrogen) atoms. The molecule has 0 saturated heterocycles. The lowest BCUT2D eigenvalue weighted by Gasteiger charge is -2.20. The third kappa shape index (κ3) is 3.13. The fourth-order valence-corrected chi connectivity index (χ4v) is 5.18. The van der Waals surface area contributed by atoms with Gasteiger partial charge in [-0.2, -0.15) is 11.8 Å². The van der Waals surface area contributed by atoms with Crippen molar-refractivity contribution in [2.24, 2.45) is 0 Å². The van der Waals surface area contributed by atoms with Crippen molar-refractivity contribution in [2.45, 2.75) is 49.3 Å². The lowest BCUT2D eigenvalue weighted by molar-refractivity contribution is 0.555. The van der Waals surface area contributed by atoms with Crippen LogP contribution in [0.2, 0.25) is 0 Å². The quantitative estimate of drug-likeness (QED) is 0.837. The number of hydrogen-bond donors (Lipinski definition) is 2. The van der Waals surface area contributed by atoms with Crippen molar-refractivity contribution in [1.29, 1.82) is 0 Å². The maximum Gasteiger partial charge on any atom is 0.242 e. The molecule has 2 rings (SSSR count). The molecule has 1 aromatic rings. The largest absolute Gasteiger partial charge is 0.398 e. The zero-order valence-corrected chi connectivity index (χ0v) is 13.8. The normalized spacial score (nSPS) is 23.1. The summed E-state index contributed by atoms with van der Waals surface area (Å²) in [5.41, 5.74) is 8.15. The average Bonchev–Trinajstić information content (AvgIpc) is 2.80. The van der Waals surface area contributed by atoms with Gasteiger partial charge in [-0.15, -0.1) is 0 Å². The summed E-state index contributed by atoms with van der Waals surface area (Å²) in [4.78, 5) is 0.201. The van der Waals surface area contributed by atoms with Crippen molar-refractivity contribution in [3.8, 4) is 0 Å². The van der Waals surface area contributed by atoms with Crippen LogP contribution in [0.25, 0.3) is 0 Å². The van der Waals surface area contributed by atoms with Crippen LogP contribution in [-0.4, -0.2) is 26.0 Å². The summed E-state index contributed by atoms with van der Waals surface area (Å²) in [6, 6.07) is 3.40. The Morgan fingerprint density at radius 3 is 2.55 bits per heavy atom. The number of rotatable bonds is 4. The summed E-state index contributed by atoms with van der Waals surface area (Å²) in [6.07, 6.45) is 5.06. The summed E-state index contributed by atoms with van der Waals surface area (Å²) in [7, 11) is -3.54. The van der Waals surface area contributed by atoms with Gasteiger partial charge in [-0.25, -0.2) is 13.1 Å². The first kappa shape index (κ1) is 15.7. The zero-order chi connectivity index (χ0) is 14.9. The second kappa shape index (κ2) is 5.95. The highest BCUT2D eigenvalue weighted by molar-refractivity contribution is 7.99. The number of nitrogen functional groups attached to an aromatic ring is 1. The Morgan fingerprint density at radius 2 is 1.90 bits per heavy atom. The van der Waals surface area contributed by atoms with E-state index >= 15 is 0 Å². The van der Waals surface area contributed by atoms with Gasteiger partial charge < -0.3 is 5.73 Å². The molecule has 0 bridgehead atoms. The van der Waals surface area contributed by atoms with Gasteiger partial charge in [-0.1, -0.05) is 6.42 Å². The molecule has 0 radical (unpaired) electrons. The van der Waals surface area contributed by atoms with Crippen LogP contribution >= 0.6 is 11.8 Å². The number of sulfonamides is 1. The molecule has 4 nitrogen and oxygen atoms in total. The fraction of sp³-hybridized carbons (Fsp3) is 0.571. The molecule has 0 spiro atoms. The van der Waals surface area contributed by atoms with Crippen LogP contribution in [0.4, 0.5) is 5.69 Å². The predicted molar refractivity (Wildman–Crippen MR) is 85.6 cm³/mol. The second-order valence-corrected chi connectivity index (χ2v) is 8.17. The third-order valence-electron chi connectivity index (χ3n) is 3.98. The minimum absolute atomic E-state index is 0.0102. The van der Waals surface area contributed by atoms with E-state index in [0.717, 1.165) is 30.4 Å². The van der Waals surface area contributed by atoms with Crippen LogP contribution in [0.5, 0.6) is 0 Å². The number of aryl methyl sites for hydroxylation is 2. The van der Waals surface area contributed by atoms with Gasteiger partial charge >= 0.3 is 0 Å². The topological polar surface area (TPSA) is 72.2 Å². The Kier molecular flexibility index (Phi) is 4.66. The third-order valence-corrected chi connectivity index (χ3v) is 6.69. The Morgan fingerprint density at radius 1 is 1.25 bits per heavy atom. The minimum atomic E-state index is -3.54. The average molecular weight is 314 g/mol. The lowest BCUT2D eigenvalue weighted by Crippen LogP contribution is -2.38. The maximum absolute atomic E-state index is 12.5. The van der Waals surface area contributed by atoms with E-state index in [2.05, 4.69) is 4.72 Å². The molecule has 1 aliphatic carbocycles. The van der Waals surface area contributed by atoms with Gasteiger partial charge in [-0.05, 0) is 56.2 Å². The first-order valence-corrected chi connectivity index (χ1v) is 9.54. The molecule has 2 unspecified atom stereocenters. The van der Waals surface area contributed by atoms with Crippen molar-refractivity contribution in [2.75, 3.05) is 12.0 Å². The van der Waals surface area contributed by atoms with Gasteiger partial charge in [0.05, 0.1) is 5.69 Å². The van der Waals surface area contributed by atoms with Crippen LogP contribution in [0.3, 0.4) is 0 Å². The van der Waals surface area contributed by atoms with E-state index in [0.29, 0.717) is 10.9 Å². The monoisotopic (exact) mass is 314 g/mol. The van der Waals surface area contributed by atoms with Gasteiger partial charge in [0.1, 0.15) is 4.90 Å². The Balaban J connectivity index is 2.29. The highest BCUT2D eigenvalue weighted by Gasteiger charge is 2.31.